The van der Waals surface area contributed by atoms with Gasteiger partial charge in [0.1, 0.15) is 5.78 Å². The van der Waals surface area contributed by atoms with E-state index in [2.05, 4.69) is 0 Å². The van der Waals surface area contributed by atoms with Gasteiger partial charge in [-0.1, -0.05) is 0 Å². The zero-order valence-electron chi connectivity index (χ0n) is 8.06. The monoisotopic (exact) mass is 106 g/mol. The SMILES string of the molecule is [2H]C([2H])([2H])[C@@]([2H])(O)CC(C)=O. The zero-order valence-corrected chi connectivity index (χ0v) is 4.06. The van der Waals surface area contributed by atoms with Gasteiger partial charge in [0.15, 0.2) is 0 Å². The first-order valence-corrected chi connectivity index (χ1v) is 1.88. The molecule has 0 spiro atoms. The van der Waals surface area contributed by atoms with Crippen molar-refractivity contribution in [1.29, 1.82) is 0 Å². The van der Waals surface area contributed by atoms with Crippen LogP contribution in [0.15, 0.2) is 0 Å². The van der Waals surface area contributed by atoms with Gasteiger partial charge in [-0.05, 0) is 13.8 Å². The van der Waals surface area contributed by atoms with E-state index in [9.17, 15) is 4.79 Å². The van der Waals surface area contributed by atoms with Crippen molar-refractivity contribution in [3.63, 3.8) is 0 Å². The predicted octanol–water partition coefficient (Wildman–Crippen LogP) is 0.346. The smallest absolute Gasteiger partial charge is 0.132 e. The van der Waals surface area contributed by atoms with Crippen molar-refractivity contribution in [2.45, 2.75) is 26.3 Å². The van der Waals surface area contributed by atoms with Crippen LogP contribution in [-0.2, 0) is 4.79 Å². The third-order valence-electron chi connectivity index (χ3n) is 0.416. The van der Waals surface area contributed by atoms with Crippen LogP contribution in [0.3, 0.4) is 0 Å². The van der Waals surface area contributed by atoms with Crippen LogP contribution in [0.5, 0.6) is 0 Å². The topological polar surface area (TPSA) is 37.3 Å². The number of carbonyl (C=O) groups is 1. The van der Waals surface area contributed by atoms with Gasteiger partial charge in [0.2, 0.25) is 0 Å². The molecule has 42 valence electrons. The largest absolute Gasteiger partial charge is 0.393 e. The van der Waals surface area contributed by atoms with Crippen LogP contribution < -0.4 is 0 Å². The maximum atomic E-state index is 10.4. The van der Waals surface area contributed by atoms with E-state index < -0.39 is 25.1 Å². The van der Waals surface area contributed by atoms with E-state index >= 15 is 0 Å². The van der Waals surface area contributed by atoms with Crippen molar-refractivity contribution >= 4 is 5.78 Å². The summed E-state index contributed by atoms with van der Waals surface area (Å²) in [5.74, 6) is -0.515. The fourth-order valence-corrected chi connectivity index (χ4v) is 0.236. The number of hydrogen-bond acceptors (Lipinski definition) is 2. The molecular formula is C5H10O2. The molecule has 0 saturated heterocycles. The number of carbonyl (C=O) groups excluding carboxylic acids is 1. The zero-order chi connectivity index (χ0) is 9.28. The maximum absolute atomic E-state index is 10.4. The van der Waals surface area contributed by atoms with Crippen molar-refractivity contribution in [2.24, 2.45) is 0 Å². The fraction of sp³-hybridized carbons (Fsp3) is 0.800. The van der Waals surface area contributed by atoms with E-state index in [1.165, 1.54) is 0 Å². The Hall–Kier alpha value is -0.370. The third kappa shape index (κ3) is 5.63. The van der Waals surface area contributed by atoms with E-state index in [1.54, 1.807) is 0 Å². The summed E-state index contributed by atoms with van der Waals surface area (Å²) in [6.07, 6.45) is -3.30. The first-order valence-electron chi connectivity index (χ1n) is 3.88. The van der Waals surface area contributed by atoms with Gasteiger partial charge in [-0.2, -0.15) is 0 Å². The van der Waals surface area contributed by atoms with Crippen LogP contribution in [0.4, 0.5) is 0 Å². The van der Waals surface area contributed by atoms with Crippen LogP contribution in [0.25, 0.3) is 0 Å². The summed E-state index contributed by atoms with van der Waals surface area (Å²) in [6.45, 7) is -1.69. The molecule has 0 fully saturated rings. The van der Waals surface area contributed by atoms with Crippen molar-refractivity contribution in [1.82, 2.24) is 0 Å². The van der Waals surface area contributed by atoms with E-state index in [-0.39, 0.29) is 0 Å². The maximum Gasteiger partial charge on any atom is 0.132 e. The van der Waals surface area contributed by atoms with Gasteiger partial charge in [-0.15, -0.1) is 0 Å². The van der Waals surface area contributed by atoms with Crippen LogP contribution in [-0.4, -0.2) is 17.0 Å². The number of ketones is 1. The van der Waals surface area contributed by atoms with Crippen LogP contribution in [0.1, 0.15) is 25.7 Å². The van der Waals surface area contributed by atoms with E-state index in [0.717, 1.165) is 6.92 Å². The molecule has 1 N–H and O–H groups in total. The molecule has 0 aliphatic carbocycles. The Labute approximate surface area is 48.8 Å². The quantitative estimate of drug-likeness (QED) is 0.551. The Bertz CT molecular complexity index is 160. The summed E-state index contributed by atoms with van der Waals surface area (Å²) in [4.78, 5) is 10.4. The number of aliphatic hydroxyl groups is 1. The summed E-state index contributed by atoms with van der Waals surface area (Å²) in [6, 6.07) is 0. The second-order valence-electron chi connectivity index (χ2n) is 1.33. The first kappa shape index (κ1) is 2.27. The average molecular weight is 106 g/mol. The van der Waals surface area contributed by atoms with Crippen LogP contribution in [0, 0.1) is 0 Å². The standard InChI is InChI=1S/C5H10O2/c1-4(6)3-5(2)7/h4,6H,3H2,1-2H3/t4-/m1/s1/i1D3,4D. The lowest BCUT2D eigenvalue weighted by Gasteiger charge is -1.95. The van der Waals surface area contributed by atoms with Crippen LogP contribution in [0.2, 0.25) is 0 Å². The molecule has 0 rings (SSSR count). The summed E-state index contributed by atoms with van der Waals surface area (Å²) in [7, 11) is 0. The van der Waals surface area contributed by atoms with Crippen LogP contribution >= 0.6 is 0 Å². The Kier molecular flexibility index (Phi) is 0.889. The first-order chi connectivity index (χ1) is 4.67. The summed E-state index contributed by atoms with van der Waals surface area (Å²) < 4.78 is 26.9. The van der Waals surface area contributed by atoms with Gasteiger partial charge in [0, 0.05) is 10.5 Å². The minimum Gasteiger partial charge on any atom is -0.393 e. The number of Topliss-reactive ketones (excluding diaryl/α,β-unsaturated/α-hetero) is 1. The van der Waals surface area contributed by atoms with Gasteiger partial charge < -0.3 is 5.11 Å². The number of hydrogen-bond donors (Lipinski definition) is 1. The minimum atomic E-state index is -2.82. The lowest BCUT2D eigenvalue weighted by molar-refractivity contribution is -0.118. The Morgan fingerprint density at radius 2 is 2.86 bits per heavy atom. The number of rotatable bonds is 2. The lowest BCUT2D eigenvalue weighted by Crippen LogP contribution is -2.04. The second kappa shape index (κ2) is 2.75. The second-order valence-corrected chi connectivity index (χ2v) is 1.33. The predicted molar refractivity (Wildman–Crippen MR) is 27.0 cm³/mol. The fourth-order valence-electron chi connectivity index (χ4n) is 0.236. The summed E-state index contributed by atoms with van der Waals surface area (Å²) >= 11 is 0. The molecule has 0 saturated carbocycles. The van der Waals surface area contributed by atoms with E-state index in [4.69, 9.17) is 10.6 Å². The highest BCUT2D eigenvalue weighted by molar-refractivity contribution is 5.75. The molecule has 0 radical (unpaired) electrons. The molecule has 0 aromatic heterocycles. The molecule has 7 heavy (non-hydrogen) atoms. The average Bonchev–Trinajstić information content (AvgIpc) is 1.56. The Morgan fingerprint density at radius 1 is 2.29 bits per heavy atom. The van der Waals surface area contributed by atoms with Gasteiger partial charge in [-0.3, -0.25) is 4.79 Å². The molecule has 0 aromatic rings. The molecule has 0 aliphatic heterocycles. The lowest BCUT2D eigenvalue weighted by atomic mass is 10.2. The van der Waals surface area contributed by atoms with Crippen molar-refractivity contribution in [2.75, 3.05) is 0 Å². The van der Waals surface area contributed by atoms with Crippen molar-refractivity contribution < 1.29 is 15.4 Å². The van der Waals surface area contributed by atoms with E-state index in [1.807, 2.05) is 0 Å². The van der Waals surface area contributed by atoms with Gasteiger partial charge in [0.25, 0.3) is 0 Å². The molecule has 0 aromatic carbocycles. The van der Waals surface area contributed by atoms with Crippen molar-refractivity contribution in [3.8, 4) is 0 Å². The van der Waals surface area contributed by atoms with Crippen molar-refractivity contribution in [3.05, 3.63) is 0 Å². The highest BCUT2D eigenvalue weighted by Gasteiger charge is 1.96. The molecule has 0 aliphatic rings. The summed E-state index contributed by atoms with van der Waals surface area (Å²) in [5, 5.41) is 8.90. The molecule has 2 nitrogen and oxygen atoms in total. The molecule has 0 unspecified atom stereocenters. The highest BCUT2D eigenvalue weighted by atomic mass is 16.3. The van der Waals surface area contributed by atoms with Gasteiger partial charge in [0.05, 0.1) is 7.45 Å². The normalized spacial score (nSPS) is 28.3. The highest BCUT2D eigenvalue weighted by Crippen LogP contribution is 1.87. The molecular weight excluding hydrogens is 92.1 g/mol. The Balaban J connectivity index is 4.34. The Morgan fingerprint density at radius 3 is 3.00 bits per heavy atom. The third-order valence-corrected chi connectivity index (χ3v) is 0.416. The van der Waals surface area contributed by atoms with Gasteiger partial charge >= 0.3 is 0 Å². The minimum absolute atomic E-state index is 0.515. The molecule has 0 bridgehead atoms. The molecule has 0 heterocycles. The molecule has 2 heteroatoms. The molecule has 1 atom stereocenters. The van der Waals surface area contributed by atoms with E-state index in [0.29, 0.717) is 0 Å². The molecule has 0 amide bonds. The van der Waals surface area contributed by atoms with Gasteiger partial charge in [-0.25, -0.2) is 0 Å². The summed E-state index contributed by atoms with van der Waals surface area (Å²) in [5.41, 5.74) is 0.